The molecule has 0 aliphatic carbocycles. The van der Waals surface area contributed by atoms with Gasteiger partial charge in [0.1, 0.15) is 5.25 Å². The quantitative estimate of drug-likeness (QED) is 0.609. The van der Waals surface area contributed by atoms with Crippen molar-refractivity contribution in [3.63, 3.8) is 0 Å². The van der Waals surface area contributed by atoms with Gasteiger partial charge in [0.15, 0.2) is 0 Å². The van der Waals surface area contributed by atoms with Gasteiger partial charge in [0.05, 0.1) is 10.8 Å². The number of hydrogen-bond acceptors (Lipinski definition) is 4. The van der Waals surface area contributed by atoms with Crippen molar-refractivity contribution in [2.24, 2.45) is 0 Å². The molecule has 0 aromatic heterocycles. The fraction of sp³-hybridized carbons (Fsp3) is 0.333. The number of ether oxygens (including phenoxy) is 1. The first-order valence-corrected chi connectivity index (χ1v) is 6.36. The third-order valence-corrected chi connectivity index (χ3v) is 3.43. The van der Waals surface area contributed by atoms with Gasteiger partial charge in [0.25, 0.3) is 0 Å². The summed E-state index contributed by atoms with van der Waals surface area (Å²) in [6.07, 6.45) is 0. The van der Waals surface area contributed by atoms with Gasteiger partial charge in [-0.3, -0.25) is 4.79 Å². The van der Waals surface area contributed by atoms with E-state index < -0.39 is 0 Å². The molecule has 0 fully saturated rings. The Morgan fingerprint density at radius 1 is 1.44 bits per heavy atom. The zero-order valence-corrected chi connectivity index (χ0v) is 10.9. The molecule has 0 aliphatic heterocycles. The number of benzene rings is 1. The second-order valence-corrected chi connectivity index (χ2v) is 5.18. The molecule has 1 rings (SSSR count). The predicted molar refractivity (Wildman–Crippen MR) is 71.8 cm³/mol. The molecule has 0 N–H and O–H groups in total. The highest BCUT2D eigenvalue weighted by atomic mass is 32.2. The summed E-state index contributed by atoms with van der Waals surface area (Å²) in [6, 6.07) is 9.67. The summed E-state index contributed by atoms with van der Waals surface area (Å²) in [7, 11) is 0. The minimum atomic E-state index is -0.257. The Hall–Kier alpha value is -0.870. The Balaban J connectivity index is 2.55. The largest absolute Gasteiger partial charge is 0.465 e. The Kier molecular flexibility index (Phi) is 5.49. The smallest absolute Gasteiger partial charge is 0.319 e. The van der Waals surface area contributed by atoms with Gasteiger partial charge in [-0.2, -0.15) is 0 Å². The van der Waals surface area contributed by atoms with Crippen molar-refractivity contribution in [3.05, 3.63) is 35.9 Å². The van der Waals surface area contributed by atoms with E-state index >= 15 is 0 Å². The van der Waals surface area contributed by atoms with Crippen molar-refractivity contribution >= 4 is 34.1 Å². The maximum atomic E-state index is 11.4. The molecule has 0 amide bonds. The van der Waals surface area contributed by atoms with Gasteiger partial charge in [-0.25, -0.2) is 0 Å². The Labute approximate surface area is 105 Å². The molecule has 0 heterocycles. The van der Waals surface area contributed by atoms with Gasteiger partial charge in [-0.1, -0.05) is 54.3 Å². The van der Waals surface area contributed by atoms with Crippen LogP contribution >= 0.6 is 24.0 Å². The van der Waals surface area contributed by atoms with Crippen LogP contribution in [0.1, 0.15) is 19.4 Å². The normalized spacial score (nSPS) is 11.9. The van der Waals surface area contributed by atoms with Crippen LogP contribution in [0.15, 0.2) is 30.3 Å². The van der Waals surface area contributed by atoms with Crippen LogP contribution < -0.4 is 0 Å². The average Bonchev–Trinajstić information content (AvgIpc) is 2.30. The summed E-state index contributed by atoms with van der Waals surface area (Å²) < 4.78 is 5.64. The minimum Gasteiger partial charge on any atom is -0.465 e. The van der Waals surface area contributed by atoms with Crippen LogP contribution in [0, 0.1) is 0 Å². The van der Waals surface area contributed by atoms with E-state index in [2.05, 4.69) is 0 Å². The lowest BCUT2D eigenvalue weighted by Gasteiger charge is -2.10. The summed E-state index contributed by atoms with van der Waals surface area (Å²) >= 11 is 6.61. The van der Waals surface area contributed by atoms with Gasteiger partial charge in [-0.05, 0) is 19.4 Å². The fourth-order valence-electron chi connectivity index (χ4n) is 1.11. The van der Waals surface area contributed by atoms with Crippen molar-refractivity contribution in [2.75, 3.05) is 6.61 Å². The lowest BCUT2D eigenvalue weighted by Crippen LogP contribution is -2.18. The number of rotatable bonds is 4. The first-order chi connectivity index (χ1) is 7.65. The molecule has 4 heteroatoms. The number of esters is 1. The topological polar surface area (TPSA) is 26.3 Å². The summed E-state index contributed by atoms with van der Waals surface area (Å²) in [5.41, 5.74) is 0.971. The van der Waals surface area contributed by atoms with Gasteiger partial charge < -0.3 is 4.74 Å². The summed E-state index contributed by atoms with van der Waals surface area (Å²) in [6.45, 7) is 4.00. The van der Waals surface area contributed by atoms with Gasteiger partial charge in [0, 0.05) is 0 Å². The van der Waals surface area contributed by atoms with Crippen LogP contribution in [0.4, 0.5) is 0 Å². The van der Waals surface area contributed by atoms with Crippen molar-refractivity contribution in [1.29, 1.82) is 0 Å². The number of carbonyl (C=O) groups is 1. The Morgan fingerprint density at radius 2 is 2.06 bits per heavy atom. The SMILES string of the molecule is CCOC(=O)[C@H](C)SC(=S)c1ccccc1. The number of thioether (sulfide) groups is 1. The maximum Gasteiger partial charge on any atom is 0.319 e. The number of thiocarbonyl (C=S) groups is 1. The Morgan fingerprint density at radius 3 is 2.62 bits per heavy atom. The highest BCUT2D eigenvalue weighted by Gasteiger charge is 2.17. The van der Waals surface area contributed by atoms with E-state index in [0.717, 1.165) is 9.76 Å². The molecule has 16 heavy (non-hydrogen) atoms. The minimum absolute atomic E-state index is 0.217. The summed E-state index contributed by atoms with van der Waals surface area (Å²) in [4.78, 5) is 11.4. The molecule has 0 unspecified atom stereocenters. The predicted octanol–water partition coefficient (Wildman–Crippen LogP) is 3.05. The molecule has 1 aromatic carbocycles. The zero-order chi connectivity index (χ0) is 12.0. The Bertz CT molecular complexity index is 363. The lowest BCUT2D eigenvalue weighted by atomic mass is 10.2. The average molecular weight is 254 g/mol. The highest BCUT2D eigenvalue weighted by molar-refractivity contribution is 8.24. The molecular formula is C12H14O2S2. The number of hydrogen-bond donors (Lipinski definition) is 0. The van der Waals surface area contributed by atoms with E-state index in [9.17, 15) is 4.79 Å². The molecular weight excluding hydrogens is 240 g/mol. The van der Waals surface area contributed by atoms with Gasteiger partial charge in [0.2, 0.25) is 0 Å². The van der Waals surface area contributed by atoms with E-state index in [1.807, 2.05) is 30.3 Å². The lowest BCUT2D eigenvalue weighted by molar-refractivity contribution is -0.142. The first kappa shape index (κ1) is 13.2. The third kappa shape index (κ3) is 3.94. The second-order valence-electron chi connectivity index (χ2n) is 3.17. The van der Waals surface area contributed by atoms with Crippen molar-refractivity contribution in [3.8, 4) is 0 Å². The van der Waals surface area contributed by atoms with E-state index in [0.29, 0.717) is 6.61 Å². The van der Waals surface area contributed by atoms with E-state index in [4.69, 9.17) is 17.0 Å². The van der Waals surface area contributed by atoms with Crippen LogP contribution in [-0.2, 0) is 9.53 Å². The summed E-state index contributed by atoms with van der Waals surface area (Å²) in [5.74, 6) is -0.217. The van der Waals surface area contributed by atoms with Crippen molar-refractivity contribution in [1.82, 2.24) is 0 Å². The molecule has 0 saturated heterocycles. The second kappa shape index (κ2) is 6.66. The molecule has 2 nitrogen and oxygen atoms in total. The first-order valence-electron chi connectivity index (χ1n) is 5.07. The van der Waals surface area contributed by atoms with Crippen LogP contribution in [0.5, 0.6) is 0 Å². The molecule has 0 radical (unpaired) electrons. The van der Waals surface area contributed by atoms with Gasteiger partial charge >= 0.3 is 5.97 Å². The third-order valence-electron chi connectivity index (χ3n) is 1.91. The molecule has 1 atom stereocenters. The van der Waals surface area contributed by atoms with Crippen molar-refractivity contribution < 1.29 is 9.53 Å². The molecule has 86 valence electrons. The molecule has 0 saturated carbocycles. The van der Waals surface area contributed by atoms with Crippen molar-refractivity contribution in [2.45, 2.75) is 19.1 Å². The van der Waals surface area contributed by atoms with E-state index in [1.165, 1.54) is 11.8 Å². The maximum absolute atomic E-state index is 11.4. The van der Waals surface area contributed by atoms with Crippen LogP contribution in [0.2, 0.25) is 0 Å². The van der Waals surface area contributed by atoms with Gasteiger partial charge in [-0.15, -0.1) is 0 Å². The fourth-order valence-corrected chi connectivity index (χ4v) is 2.44. The van der Waals surface area contributed by atoms with Crippen LogP contribution in [-0.4, -0.2) is 22.0 Å². The van der Waals surface area contributed by atoms with E-state index in [-0.39, 0.29) is 11.2 Å². The molecule has 1 aromatic rings. The molecule has 0 spiro atoms. The monoisotopic (exact) mass is 254 g/mol. The van der Waals surface area contributed by atoms with Crippen LogP contribution in [0.25, 0.3) is 0 Å². The van der Waals surface area contributed by atoms with E-state index in [1.54, 1.807) is 13.8 Å². The molecule has 0 aliphatic rings. The zero-order valence-electron chi connectivity index (χ0n) is 9.30. The highest BCUT2D eigenvalue weighted by Crippen LogP contribution is 2.19. The standard InChI is InChI=1S/C12H14O2S2/c1-3-14-11(13)9(2)16-12(15)10-7-5-4-6-8-10/h4-9H,3H2,1-2H3/t9-/m0/s1. The summed E-state index contributed by atoms with van der Waals surface area (Å²) in [5, 5.41) is -0.257. The van der Waals surface area contributed by atoms with Crippen LogP contribution in [0.3, 0.4) is 0 Å². The molecule has 0 bridgehead atoms. The number of carbonyl (C=O) groups excluding carboxylic acids is 1.